The molecule has 1 aliphatic heterocycles. The number of carbonyl (C=O) groups excluding carboxylic acids is 1. The third kappa shape index (κ3) is 7.33. The zero-order chi connectivity index (χ0) is 18.1. The van der Waals surface area contributed by atoms with Gasteiger partial charge in [-0.1, -0.05) is 36.4 Å². The molecule has 26 heavy (non-hydrogen) atoms. The number of hydrogen-bond donors (Lipinski definition) is 1. The second kappa shape index (κ2) is 11.9. The molecule has 1 N–H and O–H groups in total. The second-order valence-corrected chi connectivity index (χ2v) is 6.35. The van der Waals surface area contributed by atoms with Crippen LogP contribution in [0.2, 0.25) is 0 Å². The molecule has 1 aromatic rings. The van der Waals surface area contributed by atoms with Gasteiger partial charge in [0, 0.05) is 53.4 Å². The molecule has 0 radical (unpaired) electrons. The van der Waals surface area contributed by atoms with Gasteiger partial charge in [0.05, 0.1) is 0 Å². The highest BCUT2D eigenvalue weighted by molar-refractivity contribution is 14.0. The Balaban J connectivity index is 0.00000338. The van der Waals surface area contributed by atoms with E-state index in [2.05, 4.69) is 51.0 Å². The fraction of sp³-hybridized carbons (Fsp3) is 0.474. The van der Waals surface area contributed by atoms with Gasteiger partial charge < -0.3 is 15.1 Å². The van der Waals surface area contributed by atoms with E-state index in [1.807, 2.05) is 6.07 Å². The van der Waals surface area contributed by atoms with Crippen LogP contribution in [0.25, 0.3) is 0 Å². The first-order valence-electron chi connectivity index (χ1n) is 8.70. The van der Waals surface area contributed by atoms with Gasteiger partial charge in [-0.2, -0.15) is 0 Å². The normalized spacial score (nSPS) is 15.2. The number of hydrogen-bond acceptors (Lipinski definition) is 3. The summed E-state index contributed by atoms with van der Waals surface area (Å²) < 4.78 is 0. The molecule has 0 spiro atoms. The van der Waals surface area contributed by atoms with Crippen LogP contribution >= 0.6 is 24.0 Å². The predicted molar refractivity (Wildman–Crippen MR) is 118 cm³/mol. The van der Waals surface area contributed by atoms with Crippen LogP contribution in [0.5, 0.6) is 0 Å². The number of likely N-dealkylation sites (N-methyl/N-ethyl adjacent to an activating group) is 1. The maximum atomic E-state index is 11.8. The van der Waals surface area contributed by atoms with Gasteiger partial charge >= 0.3 is 0 Å². The van der Waals surface area contributed by atoms with Gasteiger partial charge in [-0.25, -0.2) is 4.99 Å². The van der Waals surface area contributed by atoms with E-state index in [-0.39, 0.29) is 36.4 Å². The van der Waals surface area contributed by atoms with Crippen LogP contribution in [-0.4, -0.2) is 79.9 Å². The number of aliphatic imine (C=N–C) groups is 1. The van der Waals surface area contributed by atoms with Gasteiger partial charge in [0.2, 0.25) is 5.91 Å². The molecule has 144 valence electrons. The monoisotopic (exact) mass is 471 g/mol. The van der Waals surface area contributed by atoms with Crippen molar-refractivity contribution in [1.29, 1.82) is 0 Å². The highest BCUT2D eigenvalue weighted by Crippen LogP contribution is 2.08. The van der Waals surface area contributed by atoms with Crippen molar-refractivity contribution >= 4 is 35.8 Å². The van der Waals surface area contributed by atoms with Crippen LogP contribution in [0, 0.1) is 0 Å². The number of nitrogens with one attached hydrogen (secondary N) is 1. The molecule has 1 aliphatic rings. The summed E-state index contributed by atoms with van der Waals surface area (Å²) in [7, 11) is 3.49. The highest BCUT2D eigenvalue weighted by atomic mass is 127. The summed E-state index contributed by atoms with van der Waals surface area (Å²) in [5.41, 5.74) is 1.34. The SMILES string of the molecule is C=CCNC(=NCC(=O)N(C)C)N1CCN(Cc2ccccc2)CC1.I. The first-order valence-corrected chi connectivity index (χ1v) is 8.70. The quantitative estimate of drug-likeness (QED) is 0.297. The Morgan fingerprint density at radius 1 is 1.23 bits per heavy atom. The van der Waals surface area contributed by atoms with Crippen LogP contribution in [0.4, 0.5) is 0 Å². The lowest BCUT2D eigenvalue weighted by Gasteiger charge is -2.36. The van der Waals surface area contributed by atoms with Crippen molar-refractivity contribution in [1.82, 2.24) is 20.0 Å². The number of benzene rings is 1. The fourth-order valence-electron chi connectivity index (χ4n) is 2.67. The zero-order valence-electron chi connectivity index (χ0n) is 15.7. The van der Waals surface area contributed by atoms with Crippen molar-refractivity contribution in [2.45, 2.75) is 6.54 Å². The lowest BCUT2D eigenvalue weighted by Crippen LogP contribution is -2.52. The summed E-state index contributed by atoms with van der Waals surface area (Å²) in [6, 6.07) is 10.5. The summed E-state index contributed by atoms with van der Waals surface area (Å²) in [6.07, 6.45) is 1.80. The molecule has 1 aromatic carbocycles. The molecule has 1 fully saturated rings. The first-order chi connectivity index (χ1) is 12.1. The second-order valence-electron chi connectivity index (χ2n) is 6.35. The molecular formula is C19H30IN5O. The van der Waals surface area contributed by atoms with Crippen molar-refractivity contribution in [3.63, 3.8) is 0 Å². The maximum Gasteiger partial charge on any atom is 0.243 e. The Hall–Kier alpha value is -1.61. The van der Waals surface area contributed by atoms with Gasteiger partial charge in [-0.3, -0.25) is 9.69 Å². The standard InChI is InChI=1S/C19H29N5O.HI/c1-4-10-20-19(21-15-18(25)22(2)3)24-13-11-23(12-14-24)16-17-8-6-5-7-9-17;/h4-9H,1,10-16H2,2-3H3,(H,20,21);1H. The van der Waals surface area contributed by atoms with Crippen molar-refractivity contribution in [2.24, 2.45) is 4.99 Å². The molecule has 0 bridgehead atoms. The van der Waals surface area contributed by atoms with Crippen LogP contribution < -0.4 is 5.32 Å². The third-order valence-corrected chi connectivity index (χ3v) is 4.19. The molecule has 2 rings (SSSR count). The number of piperazine rings is 1. The van der Waals surface area contributed by atoms with Crippen LogP contribution in [-0.2, 0) is 11.3 Å². The van der Waals surface area contributed by atoms with E-state index in [4.69, 9.17) is 0 Å². The number of nitrogens with zero attached hydrogens (tertiary/aromatic N) is 4. The molecule has 0 unspecified atom stereocenters. The van der Waals surface area contributed by atoms with E-state index in [1.165, 1.54) is 5.56 Å². The topological polar surface area (TPSA) is 51.2 Å². The Labute approximate surface area is 174 Å². The minimum Gasteiger partial charge on any atom is -0.353 e. The van der Waals surface area contributed by atoms with E-state index in [1.54, 1.807) is 25.1 Å². The average molecular weight is 471 g/mol. The Morgan fingerprint density at radius 3 is 2.46 bits per heavy atom. The summed E-state index contributed by atoms with van der Waals surface area (Å²) >= 11 is 0. The summed E-state index contributed by atoms with van der Waals surface area (Å²) in [5, 5.41) is 3.27. The summed E-state index contributed by atoms with van der Waals surface area (Å²) in [4.78, 5) is 22.5. The predicted octanol–water partition coefficient (Wildman–Crippen LogP) is 1.64. The fourth-order valence-corrected chi connectivity index (χ4v) is 2.67. The van der Waals surface area contributed by atoms with Crippen LogP contribution in [0.15, 0.2) is 48.0 Å². The molecule has 6 nitrogen and oxygen atoms in total. The van der Waals surface area contributed by atoms with E-state index in [9.17, 15) is 4.79 Å². The van der Waals surface area contributed by atoms with Gasteiger partial charge in [0.25, 0.3) is 0 Å². The molecule has 0 saturated carbocycles. The summed E-state index contributed by atoms with van der Waals surface area (Å²) in [5.74, 6) is 0.787. The van der Waals surface area contributed by atoms with Crippen molar-refractivity contribution in [3.8, 4) is 0 Å². The molecule has 1 heterocycles. The molecule has 0 aromatic heterocycles. The largest absolute Gasteiger partial charge is 0.353 e. The smallest absolute Gasteiger partial charge is 0.243 e. The average Bonchev–Trinajstić information content (AvgIpc) is 2.63. The van der Waals surface area contributed by atoms with Crippen LogP contribution in [0.3, 0.4) is 0 Å². The number of carbonyl (C=O) groups is 1. The summed E-state index contributed by atoms with van der Waals surface area (Å²) in [6.45, 7) is 9.26. The number of halogens is 1. The minimum absolute atomic E-state index is 0. The molecule has 7 heteroatoms. The van der Waals surface area contributed by atoms with Gasteiger partial charge in [-0.15, -0.1) is 30.6 Å². The van der Waals surface area contributed by atoms with Gasteiger partial charge in [0.15, 0.2) is 5.96 Å². The van der Waals surface area contributed by atoms with Gasteiger partial charge in [-0.05, 0) is 5.56 Å². The molecule has 0 atom stereocenters. The Morgan fingerprint density at radius 2 is 1.88 bits per heavy atom. The molecule has 1 amide bonds. The lowest BCUT2D eigenvalue weighted by atomic mass is 10.2. The third-order valence-electron chi connectivity index (χ3n) is 4.19. The minimum atomic E-state index is 0. The number of rotatable bonds is 6. The number of guanidine groups is 1. The van der Waals surface area contributed by atoms with Crippen molar-refractivity contribution in [2.75, 3.05) is 53.4 Å². The van der Waals surface area contributed by atoms with E-state index < -0.39 is 0 Å². The van der Waals surface area contributed by atoms with E-state index in [0.29, 0.717) is 6.54 Å². The molecular weight excluding hydrogens is 441 g/mol. The van der Waals surface area contributed by atoms with Crippen LogP contribution in [0.1, 0.15) is 5.56 Å². The van der Waals surface area contributed by atoms with E-state index >= 15 is 0 Å². The van der Waals surface area contributed by atoms with Crippen molar-refractivity contribution < 1.29 is 4.79 Å². The number of amides is 1. The van der Waals surface area contributed by atoms with E-state index in [0.717, 1.165) is 38.7 Å². The molecule has 0 aliphatic carbocycles. The maximum absolute atomic E-state index is 11.8. The Kier molecular flexibility index (Phi) is 10.3. The first kappa shape index (κ1) is 22.4. The zero-order valence-corrected chi connectivity index (χ0v) is 18.1. The Bertz CT molecular complexity index is 583. The van der Waals surface area contributed by atoms with Gasteiger partial charge in [0.1, 0.15) is 6.54 Å². The molecule has 1 saturated heterocycles. The lowest BCUT2D eigenvalue weighted by molar-refractivity contribution is -0.127. The van der Waals surface area contributed by atoms with Crippen molar-refractivity contribution in [3.05, 3.63) is 48.6 Å². The highest BCUT2D eigenvalue weighted by Gasteiger charge is 2.20.